The van der Waals surface area contributed by atoms with Gasteiger partial charge in [0.25, 0.3) is 0 Å². The van der Waals surface area contributed by atoms with E-state index in [1.165, 1.54) is 0 Å². The molecule has 2 N–H and O–H groups in total. The molecule has 0 heterocycles. The summed E-state index contributed by atoms with van der Waals surface area (Å²) >= 11 is 11.9. The molecule has 1 aromatic carbocycles. The van der Waals surface area contributed by atoms with E-state index in [9.17, 15) is 4.79 Å². The first-order chi connectivity index (χ1) is 9.42. The van der Waals surface area contributed by atoms with Crippen LogP contribution in [0.5, 0.6) is 0 Å². The molecule has 1 aromatic rings. The van der Waals surface area contributed by atoms with Crippen LogP contribution in [-0.4, -0.2) is 18.0 Å². The predicted molar refractivity (Wildman–Crippen MR) is 86.7 cm³/mol. The van der Waals surface area contributed by atoms with E-state index in [4.69, 9.17) is 23.2 Å². The number of benzene rings is 1. The molecular weight excluding hydrogens is 295 g/mol. The Labute approximate surface area is 131 Å². The number of amides is 1. The molecule has 0 saturated heterocycles. The number of nitrogens with one attached hydrogen (secondary N) is 2. The van der Waals surface area contributed by atoms with Gasteiger partial charge in [-0.05, 0) is 38.5 Å². The molecule has 0 bridgehead atoms. The van der Waals surface area contributed by atoms with Crippen molar-refractivity contribution in [3.63, 3.8) is 0 Å². The van der Waals surface area contributed by atoms with Gasteiger partial charge < -0.3 is 10.6 Å². The summed E-state index contributed by atoms with van der Waals surface area (Å²) < 4.78 is 0. The molecule has 0 aliphatic heterocycles. The minimum atomic E-state index is -0.339. The van der Waals surface area contributed by atoms with E-state index in [1.54, 1.807) is 18.2 Å². The monoisotopic (exact) mass is 316 g/mol. The molecule has 0 aliphatic carbocycles. The maximum Gasteiger partial charge on any atom is 0.242 e. The van der Waals surface area contributed by atoms with Gasteiger partial charge in [0.2, 0.25) is 5.91 Å². The van der Waals surface area contributed by atoms with Crippen molar-refractivity contribution in [1.29, 1.82) is 0 Å². The number of anilines is 1. The van der Waals surface area contributed by atoms with Gasteiger partial charge in [0, 0.05) is 21.8 Å². The van der Waals surface area contributed by atoms with Crippen molar-refractivity contribution in [1.82, 2.24) is 5.32 Å². The first kappa shape index (κ1) is 17.1. The van der Waals surface area contributed by atoms with Crippen LogP contribution in [0.1, 0.15) is 40.0 Å². The van der Waals surface area contributed by atoms with Gasteiger partial charge in [-0.15, -0.1) is 0 Å². The Morgan fingerprint density at radius 2 is 1.80 bits per heavy atom. The molecule has 3 nitrogen and oxygen atoms in total. The van der Waals surface area contributed by atoms with Crippen molar-refractivity contribution >= 4 is 34.8 Å². The van der Waals surface area contributed by atoms with Gasteiger partial charge >= 0.3 is 0 Å². The zero-order chi connectivity index (χ0) is 15.1. The third-order valence-electron chi connectivity index (χ3n) is 3.02. The second kappa shape index (κ2) is 8.38. The molecule has 1 amide bonds. The molecule has 2 atom stereocenters. The third-order valence-corrected chi connectivity index (χ3v) is 3.45. The smallest absolute Gasteiger partial charge is 0.242 e. The molecule has 1 rings (SSSR count). The van der Waals surface area contributed by atoms with Crippen molar-refractivity contribution in [2.45, 2.75) is 52.1 Å². The first-order valence-electron chi connectivity index (χ1n) is 6.95. The van der Waals surface area contributed by atoms with E-state index in [1.807, 2.05) is 13.8 Å². The van der Waals surface area contributed by atoms with E-state index in [2.05, 4.69) is 17.6 Å². The van der Waals surface area contributed by atoms with E-state index in [0.717, 1.165) is 24.9 Å². The van der Waals surface area contributed by atoms with Crippen LogP contribution in [0.2, 0.25) is 10.0 Å². The molecular formula is C15H22Cl2N2O. The molecule has 0 spiro atoms. The van der Waals surface area contributed by atoms with Gasteiger partial charge in [0.15, 0.2) is 0 Å². The normalized spacial score (nSPS) is 13.7. The number of carbonyl (C=O) groups is 1. The Morgan fingerprint density at radius 3 is 2.35 bits per heavy atom. The van der Waals surface area contributed by atoms with Crippen LogP contribution in [0.25, 0.3) is 0 Å². The van der Waals surface area contributed by atoms with E-state index in [-0.39, 0.29) is 18.0 Å². The topological polar surface area (TPSA) is 41.1 Å². The maximum absolute atomic E-state index is 12.1. The van der Waals surface area contributed by atoms with Crippen molar-refractivity contribution in [2.75, 3.05) is 5.32 Å². The molecule has 0 aliphatic rings. The Morgan fingerprint density at radius 1 is 1.20 bits per heavy atom. The summed E-state index contributed by atoms with van der Waals surface area (Å²) in [5.41, 5.74) is 0.742. The highest BCUT2D eigenvalue weighted by atomic mass is 35.5. The van der Waals surface area contributed by atoms with Crippen LogP contribution >= 0.6 is 23.2 Å². The van der Waals surface area contributed by atoms with Crippen LogP contribution in [0.3, 0.4) is 0 Å². The molecule has 0 aromatic heterocycles. The Balaban J connectivity index is 2.52. The molecule has 5 heteroatoms. The molecule has 20 heavy (non-hydrogen) atoms. The molecule has 1 unspecified atom stereocenters. The average Bonchev–Trinajstić information content (AvgIpc) is 2.34. The highest BCUT2D eigenvalue weighted by Crippen LogP contribution is 2.22. The van der Waals surface area contributed by atoms with Crippen LogP contribution in [0, 0.1) is 0 Å². The molecule has 0 saturated carbocycles. The minimum absolute atomic E-state index is 0.0234. The van der Waals surface area contributed by atoms with Crippen molar-refractivity contribution in [3.8, 4) is 0 Å². The fourth-order valence-corrected chi connectivity index (χ4v) is 2.43. The number of carbonyl (C=O) groups excluding carboxylic acids is 1. The number of hydrogen-bond acceptors (Lipinski definition) is 2. The Bertz CT molecular complexity index is 431. The van der Waals surface area contributed by atoms with Gasteiger partial charge in [-0.1, -0.05) is 43.0 Å². The lowest BCUT2D eigenvalue weighted by molar-refractivity contribution is -0.122. The summed E-state index contributed by atoms with van der Waals surface area (Å²) in [6.45, 7) is 5.98. The summed E-state index contributed by atoms with van der Waals surface area (Å²) in [5, 5.41) is 7.19. The lowest BCUT2D eigenvalue weighted by Crippen LogP contribution is -2.42. The van der Waals surface area contributed by atoms with Crippen molar-refractivity contribution in [3.05, 3.63) is 28.2 Å². The summed E-state index contributed by atoms with van der Waals surface area (Å²) in [4.78, 5) is 12.1. The quantitative estimate of drug-likeness (QED) is 0.778. The van der Waals surface area contributed by atoms with Crippen LogP contribution in [0.15, 0.2) is 18.2 Å². The summed E-state index contributed by atoms with van der Waals surface area (Å²) in [6.07, 6.45) is 3.25. The first-order valence-corrected chi connectivity index (χ1v) is 7.71. The highest BCUT2D eigenvalue weighted by Gasteiger charge is 2.15. The number of rotatable bonds is 7. The van der Waals surface area contributed by atoms with E-state index < -0.39 is 0 Å². The lowest BCUT2D eigenvalue weighted by atomic mass is 10.1. The van der Waals surface area contributed by atoms with Crippen LogP contribution in [-0.2, 0) is 4.79 Å². The second-order valence-electron chi connectivity index (χ2n) is 5.08. The summed E-state index contributed by atoms with van der Waals surface area (Å²) in [6, 6.07) is 5.00. The third kappa shape index (κ3) is 6.02. The van der Waals surface area contributed by atoms with Gasteiger partial charge in [-0.2, -0.15) is 0 Å². The Kier molecular flexibility index (Phi) is 7.17. The predicted octanol–water partition coefficient (Wildman–Crippen LogP) is 4.49. The minimum Gasteiger partial charge on any atom is -0.374 e. The van der Waals surface area contributed by atoms with E-state index >= 15 is 0 Å². The maximum atomic E-state index is 12.1. The second-order valence-corrected chi connectivity index (χ2v) is 5.95. The van der Waals surface area contributed by atoms with Gasteiger partial charge in [-0.3, -0.25) is 4.79 Å². The van der Waals surface area contributed by atoms with Crippen molar-refractivity contribution < 1.29 is 4.79 Å². The number of halogens is 2. The fourth-order valence-electron chi connectivity index (χ4n) is 1.90. The largest absolute Gasteiger partial charge is 0.374 e. The molecule has 0 radical (unpaired) electrons. The molecule has 112 valence electrons. The van der Waals surface area contributed by atoms with Gasteiger partial charge in [0.05, 0.1) is 0 Å². The highest BCUT2D eigenvalue weighted by molar-refractivity contribution is 6.35. The average molecular weight is 317 g/mol. The lowest BCUT2D eigenvalue weighted by Gasteiger charge is -2.19. The summed E-state index contributed by atoms with van der Waals surface area (Å²) in [7, 11) is 0. The zero-order valence-corrected chi connectivity index (χ0v) is 13.7. The van der Waals surface area contributed by atoms with E-state index in [0.29, 0.717) is 10.0 Å². The summed E-state index contributed by atoms with van der Waals surface area (Å²) in [5.74, 6) is -0.0234. The molecule has 0 fully saturated rings. The van der Waals surface area contributed by atoms with Crippen LogP contribution in [0.4, 0.5) is 5.69 Å². The standard InChI is InChI=1S/C15H22Cl2N2O/c1-4-5-6-10(2)18-15(20)11(3)19-14-8-12(16)7-13(17)9-14/h7-11,19H,4-6H2,1-3H3,(H,18,20)/t10?,11-/m0/s1. The SMILES string of the molecule is CCCCC(C)NC(=O)[C@H](C)Nc1cc(Cl)cc(Cl)c1. The van der Waals surface area contributed by atoms with Crippen molar-refractivity contribution in [2.24, 2.45) is 0 Å². The fraction of sp³-hybridized carbons (Fsp3) is 0.533. The number of unbranched alkanes of at least 4 members (excludes halogenated alkanes) is 1. The van der Waals surface area contributed by atoms with Gasteiger partial charge in [-0.25, -0.2) is 0 Å². The zero-order valence-electron chi connectivity index (χ0n) is 12.2. The van der Waals surface area contributed by atoms with Crippen LogP contribution < -0.4 is 10.6 Å². The number of hydrogen-bond donors (Lipinski definition) is 2. The van der Waals surface area contributed by atoms with Gasteiger partial charge in [0.1, 0.15) is 6.04 Å². The Hall–Kier alpha value is -0.930.